The summed E-state index contributed by atoms with van der Waals surface area (Å²) in [5.41, 5.74) is 0. The highest BCUT2D eigenvalue weighted by Crippen LogP contribution is 2.19. The molecular formula is C10H14N6. The summed E-state index contributed by atoms with van der Waals surface area (Å²) < 4.78 is 3.90. The minimum absolute atomic E-state index is 0.547. The van der Waals surface area contributed by atoms with Gasteiger partial charge < -0.3 is 0 Å². The van der Waals surface area contributed by atoms with Crippen molar-refractivity contribution in [2.45, 2.75) is 12.6 Å². The summed E-state index contributed by atoms with van der Waals surface area (Å²) in [6.07, 6.45) is 7.19. The molecule has 1 saturated heterocycles. The highest BCUT2D eigenvalue weighted by molar-refractivity contribution is 4.89. The summed E-state index contributed by atoms with van der Waals surface area (Å²) >= 11 is 0. The normalized spacial score (nSPS) is 17.5. The first-order valence-electron chi connectivity index (χ1n) is 5.46. The molecule has 0 spiro atoms. The van der Waals surface area contributed by atoms with Gasteiger partial charge in [0.05, 0.1) is 12.6 Å². The van der Waals surface area contributed by atoms with Crippen molar-refractivity contribution in [2.24, 2.45) is 0 Å². The van der Waals surface area contributed by atoms with Crippen molar-refractivity contribution in [3.05, 3.63) is 31.1 Å². The smallest absolute Gasteiger partial charge is 0.137 e. The van der Waals surface area contributed by atoms with Crippen molar-refractivity contribution < 1.29 is 0 Å². The molecule has 3 heterocycles. The van der Waals surface area contributed by atoms with Gasteiger partial charge in [-0.15, -0.1) is 0 Å². The maximum atomic E-state index is 4.25. The fraction of sp³-hybridized carbons (Fsp3) is 0.500. The summed E-state index contributed by atoms with van der Waals surface area (Å²) in [7, 11) is 0. The van der Waals surface area contributed by atoms with Gasteiger partial charge in [-0.05, 0) is 6.07 Å². The Balaban J connectivity index is 1.44. The second-order valence-corrected chi connectivity index (χ2v) is 4.06. The molecule has 1 aliphatic heterocycles. The summed E-state index contributed by atoms with van der Waals surface area (Å²) in [5, 5.41) is 8.32. The number of rotatable bonds is 4. The molecule has 0 unspecified atom stereocenters. The lowest BCUT2D eigenvalue weighted by atomic mass is 10.1. The number of nitrogens with zero attached hydrogens (tertiary/aromatic N) is 6. The van der Waals surface area contributed by atoms with Gasteiger partial charge in [-0.1, -0.05) is 0 Å². The van der Waals surface area contributed by atoms with E-state index in [0.717, 1.165) is 26.2 Å². The van der Waals surface area contributed by atoms with E-state index in [2.05, 4.69) is 20.1 Å². The lowest BCUT2D eigenvalue weighted by Gasteiger charge is -2.39. The quantitative estimate of drug-likeness (QED) is 0.726. The Bertz CT molecular complexity index is 411. The molecule has 2 aromatic heterocycles. The molecule has 0 bridgehead atoms. The van der Waals surface area contributed by atoms with E-state index in [9.17, 15) is 0 Å². The molecule has 84 valence electrons. The molecule has 6 nitrogen and oxygen atoms in total. The standard InChI is InChI=1S/C10H14N6/c1-2-12-16(3-1)10-6-14(7-10)4-5-15-9-11-8-13-15/h1-3,8-10H,4-7H2. The Hall–Kier alpha value is -1.69. The third-order valence-electron chi connectivity index (χ3n) is 2.95. The first kappa shape index (κ1) is 9.53. The molecule has 0 aromatic carbocycles. The van der Waals surface area contributed by atoms with Crippen LogP contribution in [-0.2, 0) is 6.54 Å². The van der Waals surface area contributed by atoms with Crippen molar-refractivity contribution in [2.75, 3.05) is 19.6 Å². The third-order valence-corrected chi connectivity index (χ3v) is 2.95. The summed E-state index contributed by atoms with van der Waals surface area (Å²) in [6, 6.07) is 2.52. The van der Waals surface area contributed by atoms with E-state index in [0.29, 0.717) is 6.04 Å². The largest absolute Gasteiger partial charge is 0.297 e. The predicted molar refractivity (Wildman–Crippen MR) is 57.7 cm³/mol. The Morgan fingerprint density at radius 2 is 2.12 bits per heavy atom. The molecule has 0 saturated carbocycles. The lowest BCUT2D eigenvalue weighted by molar-refractivity contribution is 0.0934. The van der Waals surface area contributed by atoms with E-state index in [1.165, 1.54) is 0 Å². The fourth-order valence-electron chi connectivity index (χ4n) is 1.98. The van der Waals surface area contributed by atoms with Crippen LogP contribution < -0.4 is 0 Å². The van der Waals surface area contributed by atoms with E-state index < -0.39 is 0 Å². The fourth-order valence-corrected chi connectivity index (χ4v) is 1.98. The van der Waals surface area contributed by atoms with E-state index in [1.54, 1.807) is 12.7 Å². The van der Waals surface area contributed by atoms with Gasteiger partial charge in [0.15, 0.2) is 0 Å². The van der Waals surface area contributed by atoms with Crippen LogP contribution in [0.15, 0.2) is 31.1 Å². The summed E-state index contributed by atoms with van der Waals surface area (Å²) in [4.78, 5) is 6.32. The van der Waals surface area contributed by atoms with E-state index >= 15 is 0 Å². The minimum Gasteiger partial charge on any atom is -0.297 e. The Morgan fingerprint density at radius 1 is 1.19 bits per heavy atom. The average molecular weight is 218 g/mol. The van der Waals surface area contributed by atoms with Gasteiger partial charge in [0.1, 0.15) is 12.7 Å². The molecular weight excluding hydrogens is 204 g/mol. The maximum Gasteiger partial charge on any atom is 0.137 e. The van der Waals surface area contributed by atoms with Crippen molar-refractivity contribution in [1.29, 1.82) is 0 Å². The summed E-state index contributed by atoms with van der Waals surface area (Å²) in [5.74, 6) is 0. The van der Waals surface area contributed by atoms with Crippen LogP contribution in [0.5, 0.6) is 0 Å². The SMILES string of the molecule is c1cnn(C2CN(CCn3cncn3)C2)c1. The molecule has 0 N–H and O–H groups in total. The van der Waals surface area contributed by atoms with Crippen LogP contribution in [-0.4, -0.2) is 49.1 Å². The van der Waals surface area contributed by atoms with Gasteiger partial charge in [-0.3, -0.25) is 14.3 Å². The zero-order chi connectivity index (χ0) is 10.8. The molecule has 2 aromatic rings. The molecule has 0 amide bonds. The molecule has 16 heavy (non-hydrogen) atoms. The van der Waals surface area contributed by atoms with Crippen molar-refractivity contribution in [3.63, 3.8) is 0 Å². The molecule has 6 heteroatoms. The molecule has 3 rings (SSSR count). The second-order valence-electron chi connectivity index (χ2n) is 4.06. The molecule has 1 aliphatic rings. The summed E-state index contributed by atoms with van der Waals surface area (Å²) in [6.45, 7) is 4.10. The van der Waals surface area contributed by atoms with Gasteiger partial charge in [-0.25, -0.2) is 4.98 Å². The van der Waals surface area contributed by atoms with Crippen LogP contribution in [0.2, 0.25) is 0 Å². The maximum absolute atomic E-state index is 4.25. The zero-order valence-electron chi connectivity index (χ0n) is 8.98. The zero-order valence-corrected chi connectivity index (χ0v) is 8.98. The number of hydrogen-bond acceptors (Lipinski definition) is 4. The van der Waals surface area contributed by atoms with E-state index in [4.69, 9.17) is 0 Å². The molecule has 0 atom stereocenters. The van der Waals surface area contributed by atoms with Crippen LogP contribution in [0.4, 0.5) is 0 Å². The number of likely N-dealkylation sites (tertiary alicyclic amines) is 1. The molecule has 0 aliphatic carbocycles. The van der Waals surface area contributed by atoms with E-state index in [1.807, 2.05) is 27.8 Å². The Labute approximate surface area is 93.5 Å². The lowest BCUT2D eigenvalue weighted by Crippen LogP contribution is -2.48. The predicted octanol–water partition coefficient (Wildman–Crippen LogP) is 0.0315. The van der Waals surface area contributed by atoms with Crippen LogP contribution in [0.25, 0.3) is 0 Å². The van der Waals surface area contributed by atoms with Crippen molar-refractivity contribution >= 4 is 0 Å². The van der Waals surface area contributed by atoms with Gasteiger partial charge in [0, 0.05) is 32.0 Å². The van der Waals surface area contributed by atoms with Gasteiger partial charge in [-0.2, -0.15) is 10.2 Å². The highest BCUT2D eigenvalue weighted by Gasteiger charge is 2.27. The first-order valence-corrected chi connectivity index (χ1v) is 5.46. The van der Waals surface area contributed by atoms with Crippen LogP contribution in [0.3, 0.4) is 0 Å². The van der Waals surface area contributed by atoms with Crippen molar-refractivity contribution in [1.82, 2.24) is 29.4 Å². The third kappa shape index (κ3) is 1.83. The van der Waals surface area contributed by atoms with E-state index in [-0.39, 0.29) is 0 Å². The van der Waals surface area contributed by atoms with Crippen LogP contribution in [0, 0.1) is 0 Å². The Kier molecular flexibility index (Phi) is 2.41. The molecule has 1 fully saturated rings. The Morgan fingerprint density at radius 3 is 2.81 bits per heavy atom. The van der Waals surface area contributed by atoms with Crippen LogP contribution >= 0.6 is 0 Å². The highest BCUT2D eigenvalue weighted by atomic mass is 15.4. The topological polar surface area (TPSA) is 51.8 Å². The second kappa shape index (κ2) is 4.05. The van der Waals surface area contributed by atoms with Crippen molar-refractivity contribution in [3.8, 4) is 0 Å². The van der Waals surface area contributed by atoms with Gasteiger partial charge in [0.2, 0.25) is 0 Å². The first-order chi connectivity index (χ1) is 7.92. The number of hydrogen-bond donors (Lipinski definition) is 0. The number of aromatic nitrogens is 5. The monoisotopic (exact) mass is 218 g/mol. The van der Waals surface area contributed by atoms with Gasteiger partial charge in [0.25, 0.3) is 0 Å². The minimum atomic E-state index is 0.547. The van der Waals surface area contributed by atoms with Gasteiger partial charge >= 0.3 is 0 Å². The molecule has 0 radical (unpaired) electrons. The average Bonchev–Trinajstić information content (AvgIpc) is 2.85. The van der Waals surface area contributed by atoms with Crippen LogP contribution in [0.1, 0.15) is 6.04 Å².